The van der Waals surface area contributed by atoms with Crippen molar-refractivity contribution >= 4 is 15.9 Å². The van der Waals surface area contributed by atoms with Crippen molar-refractivity contribution in [2.75, 3.05) is 0 Å². The SMILES string of the molecule is CC(C)C(C)NC1(c2cccc(Br)c2)CC1. The van der Waals surface area contributed by atoms with Crippen molar-refractivity contribution in [2.45, 2.75) is 45.2 Å². The van der Waals surface area contributed by atoms with Crippen LogP contribution in [-0.4, -0.2) is 6.04 Å². The minimum atomic E-state index is 0.257. The van der Waals surface area contributed by atoms with E-state index in [2.05, 4.69) is 66.3 Å². The van der Waals surface area contributed by atoms with Crippen LogP contribution in [0.25, 0.3) is 0 Å². The van der Waals surface area contributed by atoms with Gasteiger partial charge in [0.2, 0.25) is 0 Å². The summed E-state index contributed by atoms with van der Waals surface area (Å²) < 4.78 is 1.18. The molecule has 1 atom stereocenters. The molecule has 2 heteroatoms. The van der Waals surface area contributed by atoms with Gasteiger partial charge in [-0.1, -0.05) is 41.9 Å². The second-order valence-corrected chi connectivity index (χ2v) is 6.19. The molecule has 1 unspecified atom stereocenters. The van der Waals surface area contributed by atoms with E-state index in [0.29, 0.717) is 12.0 Å². The van der Waals surface area contributed by atoms with Gasteiger partial charge in [0.25, 0.3) is 0 Å². The lowest BCUT2D eigenvalue weighted by Crippen LogP contribution is -2.39. The fraction of sp³-hybridized carbons (Fsp3) is 0.571. The Balaban J connectivity index is 2.14. The van der Waals surface area contributed by atoms with Crippen LogP contribution in [0.5, 0.6) is 0 Å². The van der Waals surface area contributed by atoms with E-state index >= 15 is 0 Å². The zero-order valence-corrected chi connectivity index (χ0v) is 11.8. The van der Waals surface area contributed by atoms with E-state index in [1.165, 1.54) is 22.9 Å². The molecule has 1 saturated carbocycles. The molecule has 2 rings (SSSR count). The smallest absolute Gasteiger partial charge is 0.0438 e. The number of rotatable bonds is 4. The highest BCUT2D eigenvalue weighted by atomic mass is 79.9. The van der Waals surface area contributed by atoms with Crippen molar-refractivity contribution in [1.29, 1.82) is 0 Å². The summed E-state index contributed by atoms with van der Waals surface area (Å²) >= 11 is 3.55. The van der Waals surface area contributed by atoms with Crippen molar-refractivity contribution in [3.63, 3.8) is 0 Å². The first-order valence-electron chi connectivity index (χ1n) is 6.07. The molecule has 1 aromatic rings. The van der Waals surface area contributed by atoms with Crippen LogP contribution in [0, 0.1) is 5.92 Å². The van der Waals surface area contributed by atoms with E-state index in [1.807, 2.05) is 0 Å². The molecular weight excluding hydrogens is 262 g/mol. The molecule has 1 aromatic carbocycles. The molecule has 16 heavy (non-hydrogen) atoms. The fourth-order valence-corrected chi connectivity index (χ4v) is 2.43. The normalized spacial score (nSPS) is 19.8. The van der Waals surface area contributed by atoms with Crippen molar-refractivity contribution < 1.29 is 0 Å². The topological polar surface area (TPSA) is 12.0 Å². The Morgan fingerprint density at radius 1 is 1.25 bits per heavy atom. The zero-order chi connectivity index (χ0) is 11.8. The molecule has 0 bridgehead atoms. The highest BCUT2D eigenvalue weighted by Gasteiger charge is 2.45. The molecule has 88 valence electrons. The summed E-state index contributed by atoms with van der Waals surface area (Å²) in [6, 6.07) is 9.26. The second kappa shape index (κ2) is 4.50. The Kier molecular flexibility index (Phi) is 3.41. The molecule has 0 radical (unpaired) electrons. The molecule has 1 aliphatic rings. The molecule has 1 aliphatic carbocycles. The first-order chi connectivity index (χ1) is 7.53. The van der Waals surface area contributed by atoms with Crippen LogP contribution in [0.15, 0.2) is 28.7 Å². The lowest BCUT2D eigenvalue weighted by atomic mass is 10.00. The maximum Gasteiger partial charge on any atom is 0.0438 e. The summed E-state index contributed by atoms with van der Waals surface area (Å²) in [5.41, 5.74) is 1.68. The number of halogens is 1. The molecule has 1 fully saturated rings. The number of hydrogen-bond donors (Lipinski definition) is 1. The first-order valence-corrected chi connectivity index (χ1v) is 6.86. The molecule has 0 heterocycles. The number of hydrogen-bond acceptors (Lipinski definition) is 1. The van der Waals surface area contributed by atoms with Crippen LogP contribution in [0.2, 0.25) is 0 Å². The highest BCUT2D eigenvalue weighted by molar-refractivity contribution is 9.10. The summed E-state index contributed by atoms with van der Waals surface area (Å²) in [4.78, 5) is 0. The molecule has 0 amide bonds. The van der Waals surface area contributed by atoms with E-state index in [1.54, 1.807) is 0 Å². The van der Waals surface area contributed by atoms with Gasteiger partial charge in [0.05, 0.1) is 0 Å². The molecule has 0 saturated heterocycles. The third-order valence-corrected chi connectivity index (χ3v) is 4.12. The highest BCUT2D eigenvalue weighted by Crippen LogP contribution is 2.46. The number of benzene rings is 1. The van der Waals surface area contributed by atoms with E-state index in [0.717, 1.165) is 0 Å². The molecule has 1 N–H and O–H groups in total. The van der Waals surface area contributed by atoms with Crippen molar-refractivity contribution in [1.82, 2.24) is 5.32 Å². The fourth-order valence-electron chi connectivity index (χ4n) is 2.03. The Labute approximate surface area is 107 Å². The van der Waals surface area contributed by atoms with Gasteiger partial charge >= 0.3 is 0 Å². The van der Waals surface area contributed by atoms with Crippen LogP contribution >= 0.6 is 15.9 Å². The van der Waals surface area contributed by atoms with Crippen LogP contribution < -0.4 is 5.32 Å². The maximum absolute atomic E-state index is 3.79. The summed E-state index contributed by atoms with van der Waals surface area (Å²) in [6.45, 7) is 6.83. The van der Waals surface area contributed by atoms with Crippen molar-refractivity contribution in [3.05, 3.63) is 34.3 Å². The lowest BCUT2D eigenvalue weighted by Gasteiger charge is -2.26. The Morgan fingerprint density at radius 2 is 1.94 bits per heavy atom. The summed E-state index contributed by atoms with van der Waals surface area (Å²) in [5.74, 6) is 0.685. The summed E-state index contributed by atoms with van der Waals surface area (Å²) in [6.07, 6.45) is 2.53. The van der Waals surface area contributed by atoms with Crippen molar-refractivity contribution in [2.24, 2.45) is 5.92 Å². The average Bonchev–Trinajstić information content (AvgIpc) is 2.99. The van der Waals surface area contributed by atoms with Crippen LogP contribution in [0.1, 0.15) is 39.2 Å². The molecule has 1 nitrogen and oxygen atoms in total. The Hall–Kier alpha value is -0.340. The zero-order valence-electron chi connectivity index (χ0n) is 10.3. The monoisotopic (exact) mass is 281 g/mol. The van der Waals surface area contributed by atoms with Crippen LogP contribution in [-0.2, 0) is 5.54 Å². The average molecular weight is 282 g/mol. The van der Waals surface area contributed by atoms with Crippen LogP contribution in [0.4, 0.5) is 0 Å². The van der Waals surface area contributed by atoms with Gasteiger partial charge in [-0.15, -0.1) is 0 Å². The molecule has 0 aliphatic heterocycles. The van der Waals surface area contributed by atoms with E-state index in [-0.39, 0.29) is 5.54 Å². The maximum atomic E-state index is 3.79. The van der Waals surface area contributed by atoms with E-state index < -0.39 is 0 Å². The second-order valence-electron chi connectivity index (χ2n) is 5.27. The molecule has 0 aromatic heterocycles. The Bertz CT molecular complexity index is 369. The standard InChI is InChI=1S/C14H20BrN/c1-10(2)11(3)16-14(7-8-14)12-5-4-6-13(15)9-12/h4-6,9-11,16H,7-8H2,1-3H3. The van der Waals surface area contributed by atoms with Gasteiger partial charge in [-0.2, -0.15) is 0 Å². The van der Waals surface area contributed by atoms with Gasteiger partial charge in [-0.3, -0.25) is 0 Å². The molecule has 0 spiro atoms. The van der Waals surface area contributed by atoms with Crippen molar-refractivity contribution in [3.8, 4) is 0 Å². The van der Waals surface area contributed by atoms with E-state index in [4.69, 9.17) is 0 Å². The molecular formula is C14H20BrN. The Morgan fingerprint density at radius 3 is 2.44 bits per heavy atom. The van der Waals surface area contributed by atoms with Crippen LogP contribution in [0.3, 0.4) is 0 Å². The van der Waals surface area contributed by atoms with Gasteiger partial charge in [0, 0.05) is 16.1 Å². The third kappa shape index (κ3) is 2.49. The van der Waals surface area contributed by atoms with Gasteiger partial charge in [0.1, 0.15) is 0 Å². The third-order valence-electron chi connectivity index (χ3n) is 3.63. The lowest BCUT2D eigenvalue weighted by molar-refractivity contribution is 0.363. The largest absolute Gasteiger partial charge is 0.305 e. The van der Waals surface area contributed by atoms with Gasteiger partial charge < -0.3 is 5.32 Å². The summed E-state index contributed by atoms with van der Waals surface area (Å²) in [7, 11) is 0. The minimum Gasteiger partial charge on any atom is -0.305 e. The number of nitrogens with one attached hydrogen (secondary N) is 1. The predicted octanol–water partition coefficient (Wildman–Crippen LogP) is 4.07. The first kappa shape index (κ1) is 12.1. The minimum absolute atomic E-state index is 0.257. The van der Waals surface area contributed by atoms with Gasteiger partial charge in [-0.05, 0) is 43.4 Å². The quantitative estimate of drug-likeness (QED) is 0.877. The van der Waals surface area contributed by atoms with Gasteiger partial charge in [0.15, 0.2) is 0 Å². The van der Waals surface area contributed by atoms with E-state index in [9.17, 15) is 0 Å². The summed E-state index contributed by atoms with van der Waals surface area (Å²) in [5, 5.41) is 3.79. The predicted molar refractivity (Wildman–Crippen MR) is 72.5 cm³/mol. The van der Waals surface area contributed by atoms with Gasteiger partial charge in [-0.25, -0.2) is 0 Å².